The van der Waals surface area contributed by atoms with Gasteiger partial charge in [-0.05, 0) is 109 Å². The van der Waals surface area contributed by atoms with E-state index in [-0.39, 0.29) is 19.3 Å². The highest BCUT2D eigenvalue weighted by Gasteiger charge is 2.29. The van der Waals surface area contributed by atoms with Gasteiger partial charge in [0.2, 0.25) is 0 Å². The topological polar surface area (TPSA) is 231 Å². The van der Waals surface area contributed by atoms with Crippen molar-refractivity contribution < 1.29 is 75.8 Å². The highest BCUT2D eigenvalue weighted by atomic mass is 31.2. The number of carbonyl (C=O) groups excluding carboxylic acids is 3. The van der Waals surface area contributed by atoms with Gasteiger partial charge < -0.3 is 34.2 Å². The van der Waals surface area contributed by atoms with Gasteiger partial charge in [0.25, 0.3) is 0 Å². The number of unbranched alkanes of at least 4 members (excludes halogenated alkanes) is 45. The number of phosphoric ester groups is 2. The zero-order valence-corrected chi connectivity index (χ0v) is 72.7. The second-order valence-electron chi connectivity index (χ2n) is 30.4. The second kappa shape index (κ2) is 85.6. The first-order valence-corrected chi connectivity index (χ1v) is 48.2. The van der Waals surface area contributed by atoms with Crippen LogP contribution in [-0.4, -0.2) is 95.9 Å². The Kier molecular flexibility index (Phi) is 82.7. The van der Waals surface area contributed by atoms with E-state index in [0.29, 0.717) is 19.3 Å². The fourth-order valence-corrected chi connectivity index (χ4v) is 14.2. The van der Waals surface area contributed by atoms with Crippen LogP contribution < -0.4 is 0 Å². The molecule has 0 saturated carbocycles. The molecular formula is C93H166O16P2. The van der Waals surface area contributed by atoms with Gasteiger partial charge in [0.15, 0.2) is 6.10 Å². The van der Waals surface area contributed by atoms with Crippen molar-refractivity contribution in [3.05, 3.63) is 109 Å². The quantitative estimate of drug-likeness (QED) is 0.0146. The fraction of sp³-hybridized carbons (Fsp3) is 0.774. The fourth-order valence-electron chi connectivity index (χ4n) is 12.6. The number of hydrogen-bond donors (Lipinski definition) is 4. The zero-order chi connectivity index (χ0) is 80.8. The van der Waals surface area contributed by atoms with Crippen LogP contribution in [0.3, 0.4) is 0 Å². The third-order valence-electron chi connectivity index (χ3n) is 19.5. The molecule has 5 atom stereocenters. The highest BCUT2D eigenvalue weighted by molar-refractivity contribution is 7.47. The zero-order valence-electron chi connectivity index (χ0n) is 70.9. The maximum atomic E-state index is 13.0. The van der Waals surface area contributed by atoms with E-state index >= 15 is 0 Å². The Hall–Kier alpha value is -3.79. The van der Waals surface area contributed by atoms with Crippen molar-refractivity contribution in [2.24, 2.45) is 0 Å². The van der Waals surface area contributed by atoms with E-state index < -0.39 is 91.5 Å². The van der Waals surface area contributed by atoms with Crippen molar-refractivity contribution in [1.29, 1.82) is 0 Å². The minimum atomic E-state index is -4.93. The third-order valence-corrected chi connectivity index (χ3v) is 21.4. The van der Waals surface area contributed by atoms with Gasteiger partial charge in [-0.25, -0.2) is 9.13 Å². The van der Waals surface area contributed by atoms with Gasteiger partial charge in [-0.2, -0.15) is 0 Å². The van der Waals surface area contributed by atoms with Gasteiger partial charge in [-0.3, -0.25) is 32.5 Å². The number of esters is 3. The maximum Gasteiger partial charge on any atom is 0.472 e. The molecule has 0 aliphatic heterocycles. The molecule has 0 aromatic heterocycles. The minimum absolute atomic E-state index is 0.108. The SMILES string of the molecule is CC/C=C\C/C=C\C/C=C\C/C=C\C/C=C\CCCCCCCCCCCCCCCC(=O)OCC(COP(=O)(O)OCC(O)COP(=O)(O)OCC(O)COC(=O)CCCCCCCCCCCCCCCCCCCCC/C=C\C/C=C\C/C=C\C/C=C\CCCCC)OC(=O)CCCCCCCCCCCCC. The number of carbonyl (C=O) groups is 3. The first-order valence-electron chi connectivity index (χ1n) is 45.2. The van der Waals surface area contributed by atoms with Crippen LogP contribution in [0.2, 0.25) is 0 Å². The average Bonchev–Trinajstić information content (AvgIpc) is 0.902. The van der Waals surface area contributed by atoms with Gasteiger partial charge in [-0.1, -0.05) is 387 Å². The summed E-state index contributed by atoms with van der Waals surface area (Å²) in [7, 11) is -9.78. The summed E-state index contributed by atoms with van der Waals surface area (Å²) in [4.78, 5) is 58.7. The maximum absolute atomic E-state index is 13.0. The summed E-state index contributed by atoms with van der Waals surface area (Å²) in [6.45, 7) is 2.59. The van der Waals surface area contributed by atoms with Crippen LogP contribution in [-0.2, 0) is 55.8 Å². The lowest BCUT2D eigenvalue weighted by Gasteiger charge is -2.21. The number of allylic oxidation sites excluding steroid dienone is 18. The Balaban J connectivity index is 4.31. The summed E-state index contributed by atoms with van der Waals surface area (Å²) < 4.78 is 61.3. The minimum Gasteiger partial charge on any atom is -0.463 e. The van der Waals surface area contributed by atoms with E-state index in [9.17, 15) is 43.5 Å². The second-order valence-corrected chi connectivity index (χ2v) is 33.3. The van der Waals surface area contributed by atoms with Crippen LogP contribution in [0.5, 0.6) is 0 Å². The molecule has 0 aromatic carbocycles. The number of rotatable bonds is 86. The Morgan fingerprint density at radius 3 is 0.775 bits per heavy atom. The highest BCUT2D eigenvalue weighted by Crippen LogP contribution is 2.45. The van der Waals surface area contributed by atoms with Gasteiger partial charge in [0.05, 0.1) is 26.4 Å². The standard InChI is InChI=1S/C93H166O16P2/c1-4-7-10-13-16-19-22-24-26-28-30-32-34-36-38-40-41-42-43-44-45-47-49-50-52-54-56-58-60-62-65-67-70-73-76-79-91(96)103-82-88(94)83-105-110(99,100)106-84-89(95)85-107-111(101,102)108-87-90(109-93(98)81-78-75-72-69-64-21-18-15-12-9-6-3)86-104-92(97)80-77-74-71-68-66-63-61-59-57-55-53-51-48-46-39-37-35-33-31-29-27-25-23-20-17-14-11-8-5-2/h8,11,16-17,19-20,24-27,30-33,36-39,88-90,94-95H,4-7,9-10,12-15,18,21-23,28-29,34-35,40-87H2,1-3H3,(H,99,100)(H,101,102)/b11-8-,19-16-,20-17-,26-24-,27-25-,32-30-,33-31-,38-36-,39-37-. The van der Waals surface area contributed by atoms with Crippen LogP contribution in [0.25, 0.3) is 0 Å². The van der Waals surface area contributed by atoms with Crippen molar-refractivity contribution in [2.75, 3.05) is 39.6 Å². The molecule has 0 aromatic rings. The number of phosphoric acid groups is 2. The first-order chi connectivity index (χ1) is 54.2. The summed E-state index contributed by atoms with van der Waals surface area (Å²) in [5, 5.41) is 20.7. The largest absolute Gasteiger partial charge is 0.472 e. The molecule has 0 bridgehead atoms. The molecule has 4 N–H and O–H groups in total. The van der Waals surface area contributed by atoms with Crippen molar-refractivity contribution >= 4 is 33.6 Å². The lowest BCUT2D eigenvalue weighted by molar-refractivity contribution is -0.161. The molecule has 0 fully saturated rings. The van der Waals surface area contributed by atoms with Crippen LogP contribution >= 0.6 is 15.6 Å². The summed E-state index contributed by atoms with van der Waals surface area (Å²) in [6, 6.07) is 0. The van der Waals surface area contributed by atoms with Crippen LogP contribution in [0.1, 0.15) is 406 Å². The Morgan fingerprint density at radius 1 is 0.261 bits per heavy atom. The number of aliphatic hydroxyl groups is 2. The predicted molar refractivity (Wildman–Crippen MR) is 464 cm³/mol. The van der Waals surface area contributed by atoms with Crippen LogP contribution in [0, 0.1) is 0 Å². The molecule has 644 valence electrons. The molecule has 18 heteroatoms. The van der Waals surface area contributed by atoms with Gasteiger partial charge in [0, 0.05) is 19.3 Å². The molecule has 0 saturated heterocycles. The molecule has 0 radical (unpaired) electrons. The predicted octanol–water partition coefficient (Wildman–Crippen LogP) is 27.4. The van der Waals surface area contributed by atoms with Crippen molar-refractivity contribution in [3.8, 4) is 0 Å². The van der Waals surface area contributed by atoms with E-state index in [1.54, 1.807) is 0 Å². The van der Waals surface area contributed by atoms with Crippen LogP contribution in [0.15, 0.2) is 109 Å². The van der Waals surface area contributed by atoms with E-state index in [4.69, 9.17) is 32.3 Å². The third kappa shape index (κ3) is 86.9. The molecule has 0 aliphatic carbocycles. The molecule has 0 amide bonds. The molecular weight excluding hydrogens is 1430 g/mol. The molecule has 0 rings (SSSR count). The molecule has 0 heterocycles. The van der Waals surface area contributed by atoms with Gasteiger partial charge in [-0.15, -0.1) is 0 Å². The molecule has 0 spiro atoms. The Labute approximate surface area is 679 Å². The number of aliphatic hydroxyl groups excluding tert-OH is 2. The monoisotopic (exact) mass is 1600 g/mol. The molecule has 111 heavy (non-hydrogen) atoms. The van der Waals surface area contributed by atoms with Crippen LogP contribution in [0.4, 0.5) is 0 Å². The Morgan fingerprint density at radius 2 is 0.477 bits per heavy atom. The smallest absolute Gasteiger partial charge is 0.463 e. The molecule has 5 unspecified atom stereocenters. The molecule has 16 nitrogen and oxygen atoms in total. The van der Waals surface area contributed by atoms with E-state index in [1.807, 2.05) is 0 Å². The van der Waals surface area contributed by atoms with Gasteiger partial charge in [0.1, 0.15) is 25.4 Å². The van der Waals surface area contributed by atoms with E-state index in [0.717, 1.165) is 122 Å². The summed E-state index contributed by atoms with van der Waals surface area (Å²) in [5.74, 6) is -1.55. The summed E-state index contributed by atoms with van der Waals surface area (Å²) in [6.07, 6.45) is 103. The Bertz CT molecular complexity index is 2450. The normalized spacial score (nSPS) is 14.3. The van der Waals surface area contributed by atoms with Crippen molar-refractivity contribution in [3.63, 3.8) is 0 Å². The van der Waals surface area contributed by atoms with Gasteiger partial charge >= 0.3 is 33.6 Å². The lowest BCUT2D eigenvalue weighted by atomic mass is 10.0. The summed E-state index contributed by atoms with van der Waals surface area (Å²) in [5.41, 5.74) is 0. The van der Waals surface area contributed by atoms with E-state index in [2.05, 4.69) is 130 Å². The lowest BCUT2D eigenvalue weighted by Crippen LogP contribution is -2.30. The summed E-state index contributed by atoms with van der Waals surface area (Å²) >= 11 is 0. The first kappa shape index (κ1) is 107. The molecule has 0 aliphatic rings. The average molecular weight is 1600 g/mol. The number of hydrogen-bond acceptors (Lipinski definition) is 14. The van der Waals surface area contributed by atoms with E-state index in [1.165, 1.54) is 225 Å². The van der Waals surface area contributed by atoms with Crippen molar-refractivity contribution in [1.82, 2.24) is 0 Å². The van der Waals surface area contributed by atoms with Crippen molar-refractivity contribution in [2.45, 2.75) is 424 Å². The number of ether oxygens (including phenoxy) is 3.